The molecule has 204 valence electrons. The summed E-state index contributed by atoms with van der Waals surface area (Å²) in [6.07, 6.45) is 0.682. The van der Waals surface area contributed by atoms with Gasteiger partial charge in [-0.2, -0.15) is 0 Å². The monoisotopic (exact) mass is 531 g/mol. The highest BCUT2D eigenvalue weighted by atomic mass is 28.4. The van der Waals surface area contributed by atoms with E-state index in [2.05, 4.69) is 96.9 Å². The molecule has 1 atom stereocenters. The predicted octanol–water partition coefficient (Wildman–Crippen LogP) is 8.29. The van der Waals surface area contributed by atoms with Gasteiger partial charge < -0.3 is 18.9 Å². The van der Waals surface area contributed by atoms with Crippen molar-refractivity contribution in [3.63, 3.8) is 0 Å². The van der Waals surface area contributed by atoms with Gasteiger partial charge in [-0.05, 0) is 54.3 Å². The van der Waals surface area contributed by atoms with Gasteiger partial charge in [-0.25, -0.2) is 0 Å². The Morgan fingerprint density at radius 1 is 0.833 bits per heavy atom. The highest BCUT2D eigenvalue weighted by Gasteiger charge is 2.46. The number of nitrogens with zero attached hydrogens (tertiary/aromatic N) is 1. The number of hydrogen-bond acceptors (Lipinski definition) is 4. The zero-order chi connectivity index (χ0) is 27.9. The van der Waals surface area contributed by atoms with Crippen LogP contribution in [0.25, 0.3) is 0 Å². The number of rotatable bonds is 8. The molecule has 0 aromatic heterocycles. The van der Waals surface area contributed by atoms with Gasteiger partial charge in [0, 0.05) is 43.9 Å². The quantitative estimate of drug-likeness (QED) is 0.348. The van der Waals surface area contributed by atoms with Gasteiger partial charge in [0.05, 0.1) is 7.11 Å². The average Bonchev–Trinajstić information content (AvgIpc) is 2.76. The van der Waals surface area contributed by atoms with Crippen LogP contribution in [0.15, 0.2) is 48.5 Å². The van der Waals surface area contributed by atoms with Crippen LogP contribution in [0.5, 0.6) is 5.75 Å². The first-order valence-electron chi connectivity index (χ1n) is 13.1. The van der Waals surface area contributed by atoms with Gasteiger partial charge in [-0.1, -0.05) is 77.9 Å². The lowest BCUT2D eigenvalue weighted by Gasteiger charge is -2.47. The predicted molar refractivity (Wildman–Crippen MR) is 163 cm³/mol. The lowest BCUT2D eigenvalue weighted by Crippen LogP contribution is -2.53. The number of benzene rings is 2. The Balaban J connectivity index is 0.000000384. The van der Waals surface area contributed by atoms with Crippen LogP contribution in [0, 0.1) is 0 Å². The summed E-state index contributed by atoms with van der Waals surface area (Å²) in [7, 11) is 2.54. The van der Waals surface area contributed by atoms with Crippen molar-refractivity contribution >= 4 is 22.3 Å². The van der Waals surface area contributed by atoms with E-state index in [9.17, 15) is 5.11 Å². The van der Waals surface area contributed by atoms with Gasteiger partial charge in [0.15, 0.2) is 16.6 Å². The van der Waals surface area contributed by atoms with Crippen molar-refractivity contribution in [2.45, 2.75) is 90.1 Å². The Morgan fingerprint density at radius 2 is 1.33 bits per heavy atom. The summed E-state index contributed by atoms with van der Waals surface area (Å²) < 4.78 is 12.2. The van der Waals surface area contributed by atoms with E-state index < -0.39 is 16.6 Å². The molecule has 2 aromatic carbocycles. The summed E-state index contributed by atoms with van der Waals surface area (Å²) in [5, 5.41) is 10.1. The molecule has 0 bridgehead atoms. The van der Waals surface area contributed by atoms with Gasteiger partial charge in [-0.15, -0.1) is 0 Å². The Hall–Kier alpha value is -1.61. The number of hydrogen-bond donors (Lipinski definition) is 1. The molecule has 2 aromatic rings. The molecule has 0 saturated heterocycles. The minimum Gasteiger partial charge on any atom is -0.496 e. The topological polar surface area (TPSA) is 41.9 Å². The Kier molecular flexibility index (Phi) is 11.5. The largest absolute Gasteiger partial charge is 0.496 e. The second-order valence-electron chi connectivity index (χ2n) is 12.9. The van der Waals surface area contributed by atoms with Gasteiger partial charge in [0.25, 0.3) is 0 Å². The van der Waals surface area contributed by atoms with Crippen molar-refractivity contribution < 1.29 is 14.0 Å². The van der Waals surface area contributed by atoms with E-state index in [0.29, 0.717) is 16.5 Å². The maximum Gasteiger partial charge on any atom is 0.178 e. The number of aliphatic hydroxyl groups is 1. The summed E-state index contributed by atoms with van der Waals surface area (Å²) >= 11 is 0. The number of ether oxygens (including phenoxy) is 1. The van der Waals surface area contributed by atoms with Crippen molar-refractivity contribution in [1.29, 1.82) is 0 Å². The molecule has 0 aliphatic rings. The minimum atomic E-state index is -1.59. The van der Waals surface area contributed by atoms with Gasteiger partial charge in [-0.3, -0.25) is 0 Å². The van der Waals surface area contributed by atoms with E-state index in [1.807, 2.05) is 38.4 Å². The number of methoxy groups -OCH3 is 1. The van der Waals surface area contributed by atoms with Crippen LogP contribution in [-0.2, 0) is 4.12 Å². The Bertz CT molecular complexity index is 905. The molecule has 4 nitrogen and oxygen atoms in total. The molecule has 0 aliphatic carbocycles. The molecule has 1 unspecified atom stereocenters. The van der Waals surface area contributed by atoms with E-state index in [1.54, 1.807) is 7.11 Å². The molecule has 0 heterocycles. The van der Waals surface area contributed by atoms with Crippen LogP contribution in [0.4, 0.5) is 5.69 Å². The summed E-state index contributed by atoms with van der Waals surface area (Å²) in [5.41, 5.74) is 3.41. The Morgan fingerprint density at radius 3 is 1.72 bits per heavy atom. The van der Waals surface area contributed by atoms with E-state index >= 15 is 0 Å². The van der Waals surface area contributed by atoms with Crippen LogP contribution in [0.2, 0.25) is 36.3 Å². The normalized spacial score (nSPS) is 13.5. The minimum absolute atomic E-state index is 0.141. The zero-order valence-electron chi connectivity index (χ0n) is 25.3. The van der Waals surface area contributed by atoms with Crippen molar-refractivity contribution in [1.82, 2.24) is 0 Å². The first kappa shape index (κ1) is 32.4. The first-order valence-corrected chi connectivity index (χ1v) is 18.9. The molecule has 6 heteroatoms. The lowest BCUT2D eigenvalue weighted by molar-refractivity contribution is 0.280. The molecule has 0 aliphatic heterocycles. The third-order valence-corrected chi connectivity index (χ3v) is 19.2. The van der Waals surface area contributed by atoms with Gasteiger partial charge in [0.2, 0.25) is 0 Å². The lowest BCUT2D eigenvalue weighted by atomic mass is 9.88. The maximum absolute atomic E-state index is 9.42. The molecule has 0 amide bonds. The highest BCUT2D eigenvalue weighted by molar-refractivity contribution is 6.87. The van der Waals surface area contributed by atoms with Crippen LogP contribution in [0.3, 0.4) is 0 Å². The molecular weight excluding hydrogens is 479 g/mol. The number of anilines is 1. The smallest absolute Gasteiger partial charge is 0.178 e. The molecule has 2 rings (SSSR count). The summed E-state index contributed by atoms with van der Waals surface area (Å²) in [6.45, 7) is 23.4. The van der Waals surface area contributed by atoms with E-state index in [1.165, 1.54) is 5.56 Å². The second-order valence-corrected chi connectivity index (χ2v) is 22.8. The van der Waals surface area contributed by atoms with Crippen molar-refractivity contribution in [2.75, 3.05) is 32.7 Å². The Labute approximate surface area is 224 Å². The summed E-state index contributed by atoms with van der Waals surface area (Å²) in [4.78, 5) is 2.05. The highest BCUT2D eigenvalue weighted by Crippen LogP contribution is 2.44. The number of aliphatic hydroxyl groups excluding tert-OH is 1. The van der Waals surface area contributed by atoms with E-state index in [0.717, 1.165) is 17.0 Å². The fourth-order valence-corrected chi connectivity index (χ4v) is 11.1. The van der Waals surface area contributed by atoms with Crippen LogP contribution in [0.1, 0.15) is 65.0 Å². The molecular formula is C30H53NO3Si2. The van der Waals surface area contributed by atoms with Crippen LogP contribution < -0.4 is 9.64 Å². The third kappa shape index (κ3) is 8.75. The van der Waals surface area contributed by atoms with Crippen molar-refractivity contribution in [2.24, 2.45) is 0 Å². The van der Waals surface area contributed by atoms with Crippen LogP contribution >= 0.6 is 0 Å². The zero-order valence-corrected chi connectivity index (χ0v) is 27.3. The average molecular weight is 532 g/mol. The molecule has 1 N–H and O–H groups in total. The molecule has 0 radical (unpaired) electrons. The van der Waals surface area contributed by atoms with Gasteiger partial charge in [0.1, 0.15) is 5.75 Å². The van der Waals surface area contributed by atoms with E-state index in [-0.39, 0.29) is 12.5 Å². The van der Waals surface area contributed by atoms with Crippen LogP contribution in [-0.4, -0.2) is 49.6 Å². The molecule has 36 heavy (non-hydrogen) atoms. The molecule has 0 spiro atoms. The maximum atomic E-state index is 9.42. The van der Waals surface area contributed by atoms with Gasteiger partial charge >= 0.3 is 0 Å². The summed E-state index contributed by atoms with van der Waals surface area (Å²) in [5.74, 6) is 1.01. The molecule has 0 saturated carbocycles. The molecule has 0 fully saturated rings. The SMILES string of the molecule is CC(C)(C)[Si](C)(C)O[Si](C)(C)C(C)(C)C.COc1cc(N(C)C)ccc1C(CCO)c1ccccc1. The van der Waals surface area contributed by atoms with Crippen molar-refractivity contribution in [3.05, 3.63) is 59.7 Å². The fourth-order valence-electron chi connectivity index (χ4n) is 3.53. The van der Waals surface area contributed by atoms with E-state index in [4.69, 9.17) is 8.85 Å². The fraction of sp³-hybridized carbons (Fsp3) is 0.600. The standard InChI is InChI=1S/C18H23NO2.C12H30OSi2/c1-19(2)15-9-10-17(18(13-15)21-3)16(11-12-20)14-7-5-4-6-8-14;1-11(2,3)14(7,8)13-15(9,10)12(4,5)6/h4-10,13,16,20H,11-12H2,1-3H3;1-10H3. The first-order chi connectivity index (χ1) is 16.4. The third-order valence-electron chi connectivity index (χ3n) is 7.85. The summed E-state index contributed by atoms with van der Waals surface area (Å²) in [6, 6.07) is 16.5. The second kappa shape index (κ2) is 12.8. The van der Waals surface area contributed by atoms with Crippen molar-refractivity contribution in [3.8, 4) is 5.75 Å².